The van der Waals surface area contributed by atoms with Crippen molar-refractivity contribution >= 4 is 6.29 Å². The number of hydrogen-bond donors (Lipinski definition) is 0. The van der Waals surface area contributed by atoms with Crippen LogP contribution in [0.2, 0.25) is 0 Å². The van der Waals surface area contributed by atoms with Crippen LogP contribution in [0.5, 0.6) is 0 Å². The standard InChI is InChI=1S/C8H6F3NO/c9-8(10,11)7-1-3-12-5-6(7)2-4-13/h1,3-5H,2H2. The molecule has 1 aromatic rings. The lowest BCUT2D eigenvalue weighted by Crippen LogP contribution is -2.09. The van der Waals surface area contributed by atoms with Crippen molar-refractivity contribution < 1.29 is 18.0 Å². The zero-order valence-corrected chi connectivity index (χ0v) is 6.51. The molecular weight excluding hydrogens is 183 g/mol. The van der Waals surface area contributed by atoms with Crippen molar-refractivity contribution in [2.45, 2.75) is 12.6 Å². The van der Waals surface area contributed by atoms with Gasteiger partial charge in [0.05, 0.1) is 5.56 Å². The van der Waals surface area contributed by atoms with Crippen LogP contribution in [0, 0.1) is 0 Å². The summed E-state index contributed by atoms with van der Waals surface area (Å²) in [6.45, 7) is 0. The van der Waals surface area contributed by atoms with Crippen molar-refractivity contribution in [3.63, 3.8) is 0 Å². The molecule has 1 heterocycles. The van der Waals surface area contributed by atoms with Gasteiger partial charge in [-0.2, -0.15) is 13.2 Å². The largest absolute Gasteiger partial charge is 0.416 e. The van der Waals surface area contributed by atoms with Crippen LogP contribution in [0.3, 0.4) is 0 Å². The molecule has 13 heavy (non-hydrogen) atoms. The van der Waals surface area contributed by atoms with E-state index in [1.54, 1.807) is 0 Å². The molecule has 0 unspecified atom stereocenters. The number of pyridine rings is 1. The van der Waals surface area contributed by atoms with E-state index in [0.717, 1.165) is 18.5 Å². The quantitative estimate of drug-likeness (QED) is 0.664. The SMILES string of the molecule is O=CCc1cnccc1C(F)(F)F. The lowest BCUT2D eigenvalue weighted by Gasteiger charge is -2.09. The number of halogens is 3. The molecule has 0 N–H and O–H groups in total. The summed E-state index contributed by atoms with van der Waals surface area (Å²) in [7, 11) is 0. The van der Waals surface area contributed by atoms with E-state index in [9.17, 15) is 18.0 Å². The van der Waals surface area contributed by atoms with Crippen molar-refractivity contribution in [2.75, 3.05) is 0 Å². The van der Waals surface area contributed by atoms with Gasteiger partial charge in [-0.05, 0) is 11.6 Å². The maximum Gasteiger partial charge on any atom is 0.416 e. The Morgan fingerprint density at radius 3 is 2.69 bits per heavy atom. The number of aldehydes is 1. The van der Waals surface area contributed by atoms with Crippen LogP contribution in [-0.4, -0.2) is 11.3 Å². The molecule has 0 aliphatic carbocycles. The summed E-state index contributed by atoms with van der Waals surface area (Å²) in [4.78, 5) is 13.6. The summed E-state index contributed by atoms with van der Waals surface area (Å²) < 4.78 is 36.7. The molecule has 0 atom stereocenters. The first-order valence-corrected chi connectivity index (χ1v) is 3.49. The number of alkyl halides is 3. The van der Waals surface area contributed by atoms with Crippen molar-refractivity contribution in [1.82, 2.24) is 4.98 Å². The Morgan fingerprint density at radius 2 is 2.15 bits per heavy atom. The van der Waals surface area contributed by atoms with Gasteiger partial charge in [0, 0.05) is 18.8 Å². The highest BCUT2D eigenvalue weighted by Crippen LogP contribution is 2.31. The Balaban J connectivity index is 3.11. The highest BCUT2D eigenvalue weighted by Gasteiger charge is 2.32. The highest BCUT2D eigenvalue weighted by atomic mass is 19.4. The first kappa shape index (κ1) is 9.70. The third kappa shape index (κ3) is 2.27. The van der Waals surface area contributed by atoms with Gasteiger partial charge in [-0.3, -0.25) is 4.98 Å². The first-order chi connectivity index (χ1) is 6.05. The minimum atomic E-state index is -4.42. The van der Waals surface area contributed by atoms with Gasteiger partial charge in [0.25, 0.3) is 0 Å². The molecule has 0 saturated carbocycles. The summed E-state index contributed by atoms with van der Waals surface area (Å²) in [5.41, 5.74) is -0.889. The van der Waals surface area contributed by atoms with E-state index in [1.165, 1.54) is 0 Å². The Morgan fingerprint density at radius 1 is 1.46 bits per heavy atom. The monoisotopic (exact) mass is 189 g/mol. The Hall–Kier alpha value is -1.39. The fourth-order valence-corrected chi connectivity index (χ4v) is 0.956. The van der Waals surface area contributed by atoms with Gasteiger partial charge >= 0.3 is 6.18 Å². The minimum Gasteiger partial charge on any atom is -0.303 e. The molecule has 0 fully saturated rings. The van der Waals surface area contributed by atoms with Crippen LogP contribution in [0.1, 0.15) is 11.1 Å². The predicted octanol–water partition coefficient (Wildman–Crippen LogP) is 1.84. The third-order valence-electron chi connectivity index (χ3n) is 1.51. The second-order valence-corrected chi connectivity index (χ2v) is 2.40. The minimum absolute atomic E-state index is 0.0926. The van der Waals surface area contributed by atoms with Crippen LogP contribution >= 0.6 is 0 Å². The molecule has 0 aliphatic heterocycles. The fourth-order valence-electron chi connectivity index (χ4n) is 0.956. The Kier molecular flexibility index (Phi) is 2.65. The van der Waals surface area contributed by atoms with E-state index in [4.69, 9.17) is 0 Å². The molecule has 0 saturated heterocycles. The molecule has 5 heteroatoms. The Labute approximate surface area is 72.4 Å². The molecule has 0 spiro atoms. The number of hydrogen-bond acceptors (Lipinski definition) is 2. The molecule has 0 aliphatic rings. The van der Waals surface area contributed by atoms with E-state index in [2.05, 4.69) is 4.98 Å². The highest BCUT2D eigenvalue weighted by molar-refractivity contribution is 5.56. The van der Waals surface area contributed by atoms with Crippen LogP contribution < -0.4 is 0 Å². The van der Waals surface area contributed by atoms with E-state index in [0.29, 0.717) is 6.29 Å². The molecule has 1 rings (SSSR count). The molecule has 0 amide bonds. The lowest BCUT2D eigenvalue weighted by molar-refractivity contribution is -0.138. The maximum absolute atomic E-state index is 12.2. The Bertz CT molecular complexity index is 309. The molecule has 1 aromatic heterocycles. The fraction of sp³-hybridized carbons (Fsp3) is 0.250. The van der Waals surface area contributed by atoms with Crippen LogP contribution in [0.4, 0.5) is 13.2 Å². The van der Waals surface area contributed by atoms with Crippen LogP contribution in [0.15, 0.2) is 18.5 Å². The summed E-state index contributed by atoms with van der Waals surface area (Å²) in [5.74, 6) is 0. The zero-order chi connectivity index (χ0) is 9.90. The first-order valence-electron chi connectivity index (χ1n) is 3.49. The summed E-state index contributed by atoms with van der Waals surface area (Å²) in [6.07, 6.45) is -2.15. The number of rotatable bonds is 2. The summed E-state index contributed by atoms with van der Waals surface area (Å²) in [6, 6.07) is 0.860. The van der Waals surface area contributed by atoms with Crippen molar-refractivity contribution in [3.8, 4) is 0 Å². The molecule has 0 aromatic carbocycles. The number of aromatic nitrogens is 1. The number of nitrogens with zero attached hydrogens (tertiary/aromatic N) is 1. The zero-order valence-electron chi connectivity index (χ0n) is 6.51. The molecular formula is C8H6F3NO. The van der Waals surface area contributed by atoms with Crippen molar-refractivity contribution in [2.24, 2.45) is 0 Å². The van der Waals surface area contributed by atoms with Crippen molar-refractivity contribution in [1.29, 1.82) is 0 Å². The average molecular weight is 189 g/mol. The van der Waals surface area contributed by atoms with Gasteiger partial charge in [-0.15, -0.1) is 0 Å². The van der Waals surface area contributed by atoms with Gasteiger partial charge in [0.1, 0.15) is 6.29 Å². The van der Waals surface area contributed by atoms with Gasteiger partial charge in [0.2, 0.25) is 0 Å². The third-order valence-corrected chi connectivity index (χ3v) is 1.51. The molecule has 2 nitrogen and oxygen atoms in total. The summed E-state index contributed by atoms with van der Waals surface area (Å²) >= 11 is 0. The van der Waals surface area contributed by atoms with Crippen LogP contribution in [0.25, 0.3) is 0 Å². The smallest absolute Gasteiger partial charge is 0.303 e. The van der Waals surface area contributed by atoms with Crippen molar-refractivity contribution in [3.05, 3.63) is 29.6 Å². The topological polar surface area (TPSA) is 30.0 Å². The molecule has 70 valence electrons. The van der Waals surface area contributed by atoms with Gasteiger partial charge < -0.3 is 4.79 Å². The normalized spacial score (nSPS) is 11.3. The van der Waals surface area contributed by atoms with Gasteiger partial charge in [0.15, 0.2) is 0 Å². The number of carbonyl (C=O) groups excluding carboxylic acids is 1. The second kappa shape index (κ2) is 3.55. The van der Waals surface area contributed by atoms with E-state index in [-0.39, 0.29) is 12.0 Å². The average Bonchev–Trinajstić information content (AvgIpc) is 2.04. The second-order valence-electron chi connectivity index (χ2n) is 2.40. The molecule has 0 radical (unpaired) electrons. The van der Waals surface area contributed by atoms with E-state index < -0.39 is 11.7 Å². The lowest BCUT2D eigenvalue weighted by atomic mass is 10.1. The maximum atomic E-state index is 12.2. The summed E-state index contributed by atoms with van der Waals surface area (Å²) in [5, 5.41) is 0. The number of carbonyl (C=O) groups is 1. The van der Waals surface area contributed by atoms with Gasteiger partial charge in [-0.25, -0.2) is 0 Å². The van der Waals surface area contributed by atoms with Gasteiger partial charge in [-0.1, -0.05) is 0 Å². The van der Waals surface area contributed by atoms with E-state index in [1.807, 2.05) is 0 Å². The van der Waals surface area contributed by atoms with E-state index >= 15 is 0 Å². The predicted molar refractivity (Wildman–Crippen MR) is 39.0 cm³/mol. The molecule has 0 bridgehead atoms. The van der Waals surface area contributed by atoms with Crippen LogP contribution in [-0.2, 0) is 17.4 Å².